The fraction of sp³-hybridized carbons (Fsp3) is 0.765. The molecular formula is C17H30N2S. The lowest BCUT2D eigenvalue weighted by atomic mass is 9.87. The fourth-order valence-electron chi connectivity index (χ4n) is 3.05. The monoisotopic (exact) mass is 294 g/mol. The van der Waals surface area contributed by atoms with E-state index in [2.05, 4.69) is 43.2 Å². The molecule has 1 heterocycles. The van der Waals surface area contributed by atoms with Gasteiger partial charge in [0.2, 0.25) is 0 Å². The largest absolute Gasteiger partial charge is 0.312 e. The quantitative estimate of drug-likeness (QED) is 0.756. The van der Waals surface area contributed by atoms with E-state index in [4.69, 9.17) is 0 Å². The zero-order valence-corrected chi connectivity index (χ0v) is 14.1. The van der Waals surface area contributed by atoms with Gasteiger partial charge in [0, 0.05) is 28.9 Å². The highest BCUT2D eigenvalue weighted by Gasteiger charge is 2.21. The molecule has 0 amide bonds. The topological polar surface area (TPSA) is 15.3 Å². The first kappa shape index (κ1) is 16.0. The Morgan fingerprint density at radius 3 is 2.60 bits per heavy atom. The lowest BCUT2D eigenvalue weighted by Gasteiger charge is -2.33. The van der Waals surface area contributed by atoms with Gasteiger partial charge in [-0.1, -0.05) is 13.8 Å². The number of hydrogen-bond acceptors (Lipinski definition) is 3. The highest BCUT2D eigenvalue weighted by Crippen LogP contribution is 2.28. The number of nitrogens with one attached hydrogen (secondary N) is 1. The summed E-state index contributed by atoms with van der Waals surface area (Å²) in [5.74, 6) is 0.942. The second kappa shape index (κ2) is 8.16. The predicted molar refractivity (Wildman–Crippen MR) is 89.2 cm³/mol. The van der Waals surface area contributed by atoms with Gasteiger partial charge in [0.25, 0.3) is 0 Å². The number of rotatable bonds is 7. The van der Waals surface area contributed by atoms with Crippen molar-refractivity contribution >= 4 is 11.3 Å². The van der Waals surface area contributed by atoms with Crippen molar-refractivity contribution in [3.05, 3.63) is 21.9 Å². The normalized spacial score (nSPS) is 23.4. The average molecular weight is 295 g/mol. The minimum absolute atomic E-state index is 0.801. The molecule has 114 valence electrons. The van der Waals surface area contributed by atoms with Crippen LogP contribution >= 0.6 is 11.3 Å². The molecule has 0 spiro atoms. The summed E-state index contributed by atoms with van der Waals surface area (Å²) in [7, 11) is 2.30. The van der Waals surface area contributed by atoms with E-state index in [0.29, 0.717) is 0 Å². The number of hydrogen-bond donors (Lipinski definition) is 1. The molecule has 2 nitrogen and oxygen atoms in total. The Bertz CT molecular complexity index is 380. The molecule has 2 rings (SSSR count). The molecule has 20 heavy (non-hydrogen) atoms. The first-order valence-corrected chi connectivity index (χ1v) is 8.99. The third-order valence-electron chi connectivity index (χ3n) is 4.46. The Hall–Kier alpha value is -0.380. The summed E-state index contributed by atoms with van der Waals surface area (Å²) in [4.78, 5) is 5.56. The Morgan fingerprint density at radius 2 is 1.90 bits per heavy atom. The van der Waals surface area contributed by atoms with Gasteiger partial charge in [-0.3, -0.25) is 4.90 Å². The van der Waals surface area contributed by atoms with E-state index in [1.165, 1.54) is 41.9 Å². The average Bonchev–Trinajstić information content (AvgIpc) is 2.87. The fourth-order valence-corrected chi connectivity index (χ4v) is 4.10. The molecule has 1 aromatic rings. The number of nitrogens with zero attached hydrogens (tertiary/aromatic N) is 1. The summed E-state index contributed by atoms with van der Waals surface area (Å²) in [6, 6.07) is 5.41. The summed E-state index contributed by atoms with van der Waals surface area (Å²) >= 11 is 1.97. The van der Waals surface area contributed by atoms with Gasteiger partial charge in [0.1, 0.15) is 0 Å². The van der Waals surface area contributed by atoms with E-state index in [-0.39, 0.29) is 0 Å². The lowest BCUT2D eigenvalue weighted by molar-refractivity contribution is 0.165. The summed E-state index contributed by atoms with van der Waals surface area (Å²) in [5.41, 5.74) is 0. The summed E-state index contributed by atoms with van der Waals surface area (Å²) in [6.45, 7) is 7.88. The van der Waals surface area contributed by atoms with Crippen molar-refractivity contribution in [3.8, 4) is 0 Å². The molecule has 0 atom stereocenters. The zero-order chi connectivity index (χ0) is 14.4. The van der Waals surface area contributed by atoms with Crippen molar-refractivity contribution in [2.75, 3.05) is 13.6 Å². The molecule has 0 bridgehead atoms. The third-order valence-corrected chi connectivity index (χ3v) is 5.53. The Balaban J connectivity index is 1.77. The van der Waals surface area contributed by atoms with Crippen LogP contribution in [-0.4, -0.2) is 24.5 Å². The van der Waals surface area contributed by atoms with Crippen LogP contribution in [0.2, 0.25) is 0 Å². The summed E-state index contributed by atoms with van der Waals surface area (Å²) < 4.78 is 0. The standard InChI is InChI=1S/C17H30N2S/c1-4-11-18-12-16-9-10-17(20-16)13-19(3)15-7-5-14(2)6-8-15/h9-10,14-15,18H,4-8,11-13H2,1-3H3. The molecule has 1 aromatic heterocycles. The molecule has 1 saturated carbocycles. The van der Waals surface area contributed by atoms with E-state index in [9.17, 15) is 0 Å². The molecule has 0 aromatic carbocycles. The first-order valence-electron chi connectivity index (χ1n) is 8.17. The minimum Gasteiger partial charge on any atom is -0.312 e. The minimum atomic E-state index is 0.801. The van der Waals surface area contributed by atoms with Crippen LogP contribution in [0.1, 0.15) is 55.7 Å². The molecule has 1 aliphatic rings. The molecule has 0 aliphatic heterocycles. The van der Waals surface area contributed by atoms with Crippen molar-refractivity contribution in [3.63, 3.8) is 0 Å². The third kappa shape index (κ3) is 4.87. The van der Waals surface area contributed by atoms with Crippen LogP contribution in [-0.2, 0) is 13.1 Å². The predicted octanol–water partition coefficient (Wildman–Crippen LogP) is 4.26. The van der Waals surface area contributed by atoms with Crippen molar-refractivity contribution in [2.24, 2.45) is 5.92 Å². The first-order chi connectivity index (χ1) is 9.69. The van der Waals surface area contributed by atoms with Gasteiger partial charge in [-0.25, -0.2) is 0 Å². The van der Waals surface area contributed by atoms with Crippen LogP contribution in [0.4, 0.5) is 0 Å². The molecular weight excluding hydrogens is 264 g/mol. The summed E-state index contributed by atoms with van der Waals surface area (Å²) in [6.07, 6.45) is 6.79. The van der Waals surface area contributed by atoms with Crippen LogP contribution < -0.4 is 5.32 Å². The van der Waals surface area contributed by atoms with Crippen LogP contribution in [0.15, 0.2) is 12.1 Å². The second-order valence-corrected chi connectivity index (χ2v) is 7.63. The van der Waals surface area contributed by atoms with Gasteiger partial charge in [0.05, 0.1) is 0 Å². The highest BCUT2D eigenvalue weighted by molar-refractivity contribution is 7.11. The molecule has 0 saturated heterocycles. The highest BCUT2D eigenvalue weighted by atomic mass is 32.1. The van der Waals surface area contributed by atoms with E-state index >= 15 is 0 Å². The molecule has 3 heteroatoms. The van der Waals surface area contributed by atoms with Crippen LogP contribution in [0.5, 0.6) is 0 Å². The van der Waals surface area contributed by atoms with Crippen LogP contribution in [0.3, 0.4) is 0 Å². The zero-order valence-electron chi connectivity index (χ0n) is 13.3. The maximum absolute atomic E-state index is 3.48. The van der Waals surface area contributed by atoms with Crippen molar-refractivity contribution < 1.29 is 0 Å². The second-order valence-electron chi connectivity index (χ2n) is 6.37. The van der Waals surface area contributed by atoms with Crippen molar-refractivity contribution in [1.29, 1.82) is 0 Å². The Morgan fingerprint density at radius 1 is 1.20 bits per heavy atom. The van der Waals surface area contributed by atoms with Gasteiger partial charge in [0.15, 0.2) is 0 Å². The van der Waals surface area contributed by atoms with Gasteiger partial charge >= 0.3 is 0 Å². The Kier molecular flexibility index (Phi) is 6.53. The number of thiophene rings is 1. The Labute approximate surface area is 128 Å². The molecule has 1 aliphatic carbocycles. The van der Waals surface area contributed by atoms with E-state index in [0.717, 1.165) is 31.6 Å². The van der Waals surface area contributed by atoms with E-state index in [1.807, 2.05) is 11.3 Å². The maximum Gasteiger partial charge on any atom is 0.0327 e. The molecule has 0 unspecified atom stereocenters. The molecule has 0 radical (unpaired) electrons. The van der Waals surface area contributed by atoms with Gasteiger partial charge in [-0.2, -0.15) is 0 Å². The SMILES string of the molecule is CCCNCc1ccc(CN(C)C2CCC(C)CC2)s1. The van der Waals surface area contributed by atoms with Crippen LogP contribution in [0.25, 0.3) is 0 Å². The van der Waals surface area contributed by atoms with Gasteiger partial charge < -0.3 is 5.32 Å². The smallest absolute Gasteiger partial charge is 0.0327 e. The van der Waals surface area contributed by atoms with Crippen molar-refractivity contribution in [2.45, 2.75) is 65.1 Å². The van der Waals surface area contributed by atoms with Gasteiger partial charge in [-0.05, 0) is 63.7 Å². The van der Waals surface area contributed by atoms with E-state index in [1.54, 1.807) is 0 Å². The summed E-state index contributed by atoms with van der Waals surface area (Å²) in [5, 5.41) is 3.48. The van der Waals surface area contributed by atoms with Crippen LogP contribution in [0, 0.1) is 5.92 Å². The maximum atomic E-state index is 3.48. The van der Waals surface area contributed by atoms with Gasteiger partial charge in [-0.15, -0.1) is 11.3 Å². The van der Waals surface area contributed by atoms with E-state index < -0.39 is 0 Å². The van der Waals surface area contributed by atoms with Crippen molar-refractivity contribution in [1.82, 2.24) is 10.2 Å². The lowest BCUT2D eigenvalue weighted by Crippen LogP contribution is -2.34. The molecule has 1 N–H and O–H groups in total. The molecule has 1 fully saturated rings.